The van der Waals surface area contributed by atoms with E-state index in [1.54, 1.807) is 6.92 Å². The van der Waals surface area contributed by atoms with Crippen molar-refractivity contribution >= 4 is 5.97 Å². The van der Waals surface area contributed by atoms with Gasteiger partial charge in [-0.2, -0.15) is 13.2 Å². The number of halogens is 3. The predicted octanol–water partition coefficient (Wildman–Crippen LogP) is 2.64. The summed E-state index contributed by atoms with van der Waals surface area (Å²) in [7, 11) is 1.24. The molecule has 0 aromatic carbocycles. The first-order chi connectivity index (χ1) is 8.21. The zero-order valence-corrected chi connectivity index (χ0v) is 10.7. The second kappa shape index (κ2) is 5.47. The van der Waals surface area contributed by atoms with E-state index in [-0.39, 0.29) is 19.3 Å². The molecule has 6 heteroatoms. The van der Waals surface area contributed by atoms with Gasteiger partial charge in [-0.1, -0.05) is 6.42 Å². The van der Waals surface area contributed by atoms with Crippen LogP contribution < -0.4 is 5.73 Å². The van der Waals surface area contributed by atoms with Crippen LogP contribution in [0.4, 0.5) is 13.2 Å². The van der Waals surface area contributed by atoms with E-state index in [9.17, 15) is 18.0 Å². The molecule has 0 saturated heterocycles. The molecule has 18 heavy (non-hydrogen) atoms. The lowest BCUT2D eigenvalue weighted by molar-refractivity contribution is -0.195. The molecule has 1 saturated carbocycles. The molecule has 106 valence electrons. The molecule has 1 fully saturated rings. The maximum atomic E-state index is 12.8. The number of esters is 1. The van der Waals surface area contributed by atoms with Crippen LogP contribution >= 0.6 is 0 Å². The van der Waals surface area contributed by atoms with E-state index >= 15 is 0 Å². The van der Waals surface area contributed by atoms with Crippen molar-refractivity contribution in [3.8, 4) is 0 Å². The van der Waals surface area contributed by atoms with Crippen LogP contribution in [0.1, 0.15) is 39.0 Å². The van der Waals surface area contributed by atoms with E-state index in [1.807, 2.05) is 0 Å². The first kappa shape index (κ1) is 15.3. The molecule has 1 rings (SSSR count). The summed E-state index contributed by atoms with van der Waals surface area (Å²) in [6.45, 7) is 1.67. The van der Waals surface area contributed by atoms with Crippen LogP contribution in [0.3, 0.4) is 0 Å². The standard InChI is InChI=1S/C12H20F3NO2/c1-8(16)11(7-10(17)18-2)5-3-4-9(6-11)12(13,14)15/h8-9H,3-7,16H2,1-2H3. The predicted molar refractivity (Wildman–Crippen MR) is 60.7 cm³/mol. The molecule has 0 aromatic heterocycles. The third-order valence-corrected chi connectivity index (χ3v) is 4.03. The summed E-state index contributed by atoms with van der Waals surface area (Å²) in [5, 5.41) is 0. The van der Waals surface area contributed by atoms with Gasteiger partial charge in [0.2, 0.25) is 0 Å². The molecule has 0 spiro atoms. The van der Waals surface area contributed by atoms with Gasteiger partial charge in [-0.25, -0.2) is 0 Å². The van der Waals surface area contributed by atoms with E-state index in [0.717, 1.165) is 0 Å². The lowest BCUT2D eigenvalue weighted by Gasteiger charge is -2.43. The van der Waals surface area contributed by atoms with Crippen LogP contribution in [0.15, 0.2) is 0 Å². The highest BCUT2D eigenvalue weighted by Gasteiger charge is 2.49. The van der Waals surface area contributed by atoms with E-state index in [0.29, 0.717) is 12.8 Å². The summed E-state index contributed by atoms with van der Waals surface area (Å²) < 4.78 is 43.0. The fourth-order valence-electron chi connectivity index (χ4n) is 2.77. The summed E-state index contributed by atoms with van der Waals surface area (Å²) in [6, 6.07) is -0.457. The van der Waals surface area contributed by atoms with Crippen molar-refractivity contribution < 1.29 is 22.7 Å². The molecule has 1 aliphatic rings. The quantitative estimate of drug-likeness (QED) is 0.800. The molecular formula is C12H20F3NO2. The second-order valence-corrected chi connectivity index (χ2v) is 5.24. The molecule has 2 N–H and O–H groups in total. The highest BCUT2D eigenvalue weighted by atomic mass is 19.4. The Hall–Kier alpha value is -0.780. The normalized spacial score (nSPS) is 30.9. The van der Waals surface area contributed by atoms with Crippen molar-refractivity contribution in [2.45, 2.75) is 51.2 Å². The van der Waals surface area contributed by atoms with Gasteiger partial charge in [0.1, 0.15) is 0 Å². The SMILES string of the molecule is COC(=O)CC1(C(C)N)CCCC(C(F)(F)F)C1. The molecule has 0 aliphatic heterocycles. The largest absolute Gasteiger partial charge is 0.469 e. The lowest BCUT2D eigenvalue weighted by atomic mass is 9.64. The van der Waals surface area contributed by atoms with Crippen LogP contribution in [0.25, 0.3) is 0 Å². The first-order valence-corrected chi connectivity index (χ1v) is 6.10. The molecule has 0 bridgehead atoms. The average molecular weight is 267 g/mol. The number of methoxy groups -OCH3 is 1. The van der Waals surface area contributed by atoms with Gasteiger partial charge >= 0.3 is 12.1 Å². The Morgan fingerprint density at radius 2 is 2.17 bits per heavy atom. The molecule has 0 radical (unpaired) electrons. The smallest absolute Gasteiger partial charge is 0.391 e. The minimum absolute atomic E-state index is 0.0340. The Morgan fingerprint density at radius 1 is 1.56 bits per heavy atom. The number of ether oxygens (including phenoxy) is 1. The van der Waals surface area contributed by atoms with E-state index in [2.05, 4.69) is 4.74 Å². The molecule has 0 amide bonds. The van der Waals surface area contributed by atoms with Gasteiger partial charge in [-0.3, -0.25) is 4.79 Å². The monoisotopic (exact) mass is 267 g/mol. The van der Waals surface area contributed by atoms with E-state index in [1.165, 1.54) is 7.11 Å². The van der Waals surface area contributed by atoms with Crippen molar-refractivity contribution in [3.05, 3.63) is 0 Å². The third kappa shape index (κ3) is 3.37. The number of carbonyl (C=O) groups is 1. The lowest BCUT2D eigenvalue weighted by Crippen LogP contribution is -2.47. The number of alkyl halides is 3. The van der Waals surface area contributed by atoms with Gasteiger partial charge in [-0.05, 0) is 31.6 Å². The maximum Gasteiger partial charge on any atom is 0.391 e. The molecule has 0 heterocycles. The van der Waals surface area contributed by atoms with Gasteiger partial charge in [0.05, 0.1) is 19.4 Å². The van der Waals surface area contributed by atoms with Gasteiger partial charge in [-0.15, -0.1) is 0 Å². The van der Waals surface area contributed by atoms with Crippen molar-refractivity contribution in [2.75, 3.05) is 7.11 Å². The van der Waals surface area contributed by atoms with Crippen LogP contribution in [0.5, 0.6) is 0 Å². The summed E-state index contributed by atoms with van der Waals surface area (Å²) in [5.41, 5.74) is 5.05. The fraction of sp³-hybridized carbons (Fsp3) is 0.917. The molecule has 0 aromatic rings. The Morgan fingerprint density at radius 3 is 2.61 bits per heavy atom. The molecule has 1 aliphatic carbocycles. The van der Waals surface area contributed by atoms with Crippen molar-refractivity contribution in [2.24, 2.45) is 17.1 Å². The van der Waals surface area contributed by atoms with Crippen molar-refractivity contribution in [3.63, 3.8) is 0 Å². The van der Waals surface area contributed by atoms with E-state index in [4.69, 9.17) is 5.73 Å². The molecular weight excluding hydrogens is 247 g/mol. The average Bonchev–Trinajstić information content (AvgIpc) is 2.27. The minimum Gasteiger partial charge on any atom is -0.469 e. The fourth-order valence-corrected chi connectivity index (χ4v) is 2.77. The van der Waals surface area contributed by atoms with Gasteiger partial charge in [0, 0.05) is 6.04 Å². The van der Waals surface area contributed by atoms with Crippen molar-refractivity contribution in [1.29, 1.82) is 0 Å². The Balaban J connectivity index is 2.87. The molecule has 3 atom stereocenters. The molecule has 3 unspecified atom stereocenters. The number of carbonyl (C=O) groups excluding carboxylic acids is 1. The highest BCUT2D eigenvalue weighted by molar-refractivity contribution is 5.70. The number of hydrogen-bond acceptors (Lipinski definition) is 3. The Kier molecular flexibility index (Phi) is 4.64. The number of hydrogen-bond donors (Lipinski definition) is 1. The minimum atomic E-state index is -4.21. The summed E-state index contributed by atoms with van der Waals surface area (Å²) in [6.07, 6.45) is -3.21. The van der Waals surface area contributed by atoms with Crippen LogP contribution in [-0.2, 0) is 9.53 Å². The van der Waals surface area contributed by atoms with Gasteiger partial charge in [0.25, 0.3) is 0 Å². The van der Waals surface area contributed by atoms with Crippen LogP contribution in [-0.4, -0.2) is 25.3 Å². The second-order valence-electron chi connectivity index (χ2n) is 5.24. The highest BCUT2D eigenvalue weighted by Crippen LogP contribution is 2.49. The van der Waals surface area contributed by atoms with Crippen molar-refractivity contribution in [1.82, 2.24) is 0 Å². The zero-order chi connectivity index (χ0) is 14.0. The zero-order valence-electron chi connectivity index (χ0n) is 10.7. The Labute approximate surface area is 105 Å². The molecule has 3 nitrogen and oxygen atoms in total. The topological polar surface area (TPSA) is 52.3 Å². The number of nitrogens with two attached hydrogens (primary N) is 1. The summed E-state index contributed by atoms with van der Waals surface area (Å²) in [4.78, 5) is 11.4. The van der Waals surface area contributed by atoms with Crippen LogP contribution in [0.2, 0.25) is 0 Å². The third-order valence-electron chi connectivity index (χ3n) is 4.03. The summed E-state index contributed by atoms with van der Waals surface area (Å²) in [5.74, 6) is -1.85. The van der Waals surface area contributed by atoms with Gasteiger partial charge < -0.3 is 10.5 Å². The first-order valence-electron chi connectivity index (χ1n) is 6.10. The maximum absolute atomic E-state index is 12.8. The Bertz CT molecular complexity index is 304. The van der Waals surface area contributed by atoms with E-state index < -0.39 is 29.5 Å². The number of rotatable bonds is 3. The van der Waals surface area contributed by atoms with Gasteiger partial charge in [0.15, 0.2) is 0 Å². The summed E-state index contributed by atoms with van der Waals surface area (Å²) >= 11 is 0. The van der Waals surface area contributed by atoms with Crippen LogP contribution in [0, 0.1) is 11.3 Å².